The van der Waals surface area contributed by atoms with Crippen LogP contribution in [-0.4, -0.2) is 34.0 Å². The Morgan fingerprint density at radius 3 is 2.39 bits per heavy atom. The van der Waals surface area contributed by atoms with E-state index >= 15 is 0 Å². The number of hydrogen-bond acceptors (Lipinski definition) is 5. The van der Waals surface area contributed by atoms with Crippen LogP contribution in [0.15, 0.2) is 12.1 Å². The Bertz CT molecular complexity index is 460. The van der Waals surface area contributed by atoms with Gasteiger partial charge in [0, 0.05) is 5.56 Å². The monoisotopic (exact) mass is 253 g/mol. The summed E-state index contributed by atoms with van der Waals surface area (Å²) in [4.78, 5) is 11.1. The van der Waals surface area contributed by atoms with Gasteiger partial charge < -0.3 is 24.3 Å². The highest BCUT2D eigenvalue weighted by Gasteiger charge is 2.29. The van der Waals surface area contributed by atoms with Gasteiger partial charge in [0.2, 0.25) is 5.75 Å². The quantitative estimate of drug-likeness (QED) is 0.880. The Morgan fingerprint density at radius 1 is 1.17 bits per heavy atom. The zero-order valence-corrected chi connectivity index (χ0v) is 10.5. The summed E-state index contributed by atoms with van der Waals surface area (Å²) in [7, 11) is 4.63. The summed E-state index contributed by atoms with van der Waals surface area (Å²) in [5.74, 6) is 1.61. The molecule has 1 saturated heterocycles. The third-order valence-corrected chi connectivity index (χ3v) is 2.78. The van der Waals surface area contributed by atoms with Crippen molar-refractivity contribution in [3.63, 3.8) is 0 Å². The van der Waals surface area contributed by atoms with Crippen molar-refractivity contribution < 1.29 is 23.7 Å². The highest BCUT2D eigenvalue weighted by atomic mass is 16.6. The minimum Gasteiger partial charge on any atom is -0.493 e. The van der Waals surface area contributed by atoms with Gasteiger partial charge in [-0.3, -0.25) is 0 Å². The van der Waals surface area contributed by atoms with Crippen molar-refractivity contribution in [3.8, 4) is 17.2 Å². The van der Waals surface area contributed by atoms with Gasteiger partial charge in [-0.25, -0.2) is 4.79 Å². The van der Waals surface area contributed by atoms with Gasteiger partial charge >= 0.3 is 6.09 Å². The van der Waals surface area contributed by atoms with Crippen LogP contribution in [0, 0.1) is 0 Å². The molecule has 1 atom stereocenters. The lowest BCUT2D eigenvalue weighted by atomic mass is 10.1. The van der Waals surface area contributed by atoms with E-state index < -0.39 is 6.09 Å². The molecule has 98 valence electrons. The van der Waals surface area contributed by atoms with Gasteiger partial charge in [0.15, 0.2) is 11.5 Å². The molecule has 0 aromatic heterocycles. The highest BCUT2D eigenvalue weighted by molar-refractivity contribution is 5.71. The fourth-order valence-electron chi connectivity index (χ4n) is 1.95. The molecule has 0 bridgehead atoms. The minimum atomic E-state index is -0.433. The maximum atomic E-state index is 11.1. The first-order chi connectivity index (χ1) is 8.71. The van der Waals surface area contributed by atoms with Crippen LogP contribution >= 0.6 is 0 Å². The number of amides is 1. The van der Waals surface area contributed by atoms with E-state index in [1.54, 1.807) is 20.3 Å². The summed E-state index contributed by atoms with van der Waals surface area (Å²) in [5.41, 5.74) is 0.793. The first-order valence-electron chi connectivity index (χ1n) is 5.43. The molecule has 1 aliphatic rings. The molecule has 1 aliphatic heterocycles. The SMILES string of the molecule is COc1ccc([C@@H]2COC(=O)N2)c(OC)c1OC. The van der Waals surface area contributed by atoms with Crippen molar-refractivity contribution in [2.45, 2.75) is 6.04 Å². The Balaban J connectivity index is 2.44. The molecular formula is C12H15NO5. The molecule has 0 unspecified atom stereocenters. The van der Waals surface area contributed by atoms with Crippen molar-refractivity contribution in [1.29, 1.82) is 0 Å². The summed E-state index contributed by atoms with van der Waals surface area (Å²) in [5, 5.41) is 2.70. The molecule has 1 amide bonds. The van der Waals surface area contributed by atoms with Crippen LogP contribution in [0.1, 0.15) is 11.6 Å². The number of hydrogen-bond donors (Lipinski definition) is 1. The third kappa shape index (κ3) is 2.01. The molecule has 2 rings (SSSR count). The Morgan fingerprint density at radius 2 is 1.89 bits per heavy atom. The predicted molar refractivity (Wildman–Crippen MR) is 63.3 cm³/mol. The van der Waals surface area contributed by atoms with E-state index in [9.17, 15) is 4.79 Å². The van der Waals surface area contributed by atoms with Gasteiger partial charge in [0.25, 0.3) is 0 Å². The van der Waals surface area contributed by atoms with Crippen molar-refractivity contribution in [3.05, 3.63) is 17.7 Å². The third-order valence-electron chi connectivity index (χ3n) is 2.78. The van der Waals surface area contributed by atoms with Gasteiger partial charge in [-0.1, -0.05) is 0 Å². The lowest BCUT2D eigenvalue weighted by Gasteiger charge is -2.18. The number of nitrogens with one attached hydrogen (secondary N) is 1. The zero-order chi connectivity index (χ0) is 13.1. The van der Waals surface area contributed by atoms with Crippen LogP contribution in [-0.2, 0) is 4.74 Å². The number of carbonyl (C=O) groups excluding carboxylic acids is 1. The van der Waals surface area contributed by atoms with Crippen molar-refractivity contribution >= 4 is 6.09 Å². The van der Waals surface area contributed by atoms with Crippen LogP contribution in [0.3, 0.4) is 0 Å². The van der Waals surface area contributed by atoms with E-state index in [1.807, 2.05) is 6.07 Å². The molecule has 1 N–H and O–H groups in total. The fourth-order valence-corrected chi connectivity index (χ4v) is 1.95. The smallest absolute Gasteiger partial charge is 0.407 e. The Hall–Kier alpha value is -2.11. The molecule has 18 heavy (non-hydrogen) atoms. The van der Waals surface area contributed by atoms with Crippen LogP contribution in [0.4, 0.5) is 4.79 Å². The molecule has 0 saturated carbocycles. The molecule has 1 fully saturated rings. The minimum absolute atomic E-state index is 0.243. The van der Waals surface area contributed by atoms with Gasteiger partial charge in [-0.15, -0.1) is 0 Å². The standard InChI is InChI=1S/C12H15NO5/c1-15-9-5-4-7(8-6-18-12(14)13-8)10(16-2)11(9)17-3/h4-5,8H,6H2,1-3H3,(H,13,14)/t8-/m0/s1. The molecule has 1 heterocycles. The molecule has 1 aromatic rings. The van der Waals surface area contributed by atoms with E-state index in [2.05, 4.69) is 5.32 Å². The zero-order valence-electron chi connectivity index (χ0n) is 10.5. The second-order valence-corrected chi connectivity index (χ2v) is 3.72. The molecule has 6 heteroatoms. The maximum Gasteiger partial charge on any atom is 0.407 e. The lowest BCUT2D eigenvalue weighted by molar-refractivity contribution is 0.176. The van der Waals surface area contributed by atoms with Gasteiger partial charge in [-0.05, 0) is 12.1 Å². The number of cyclic esters (lactones) is 1. The van der Waals surface area contributed by atoms with Crippen molar-refractivity contribution in [2.24, 2.45) is 0 Å². The number of alkyl carbamates (subject to hydrolysis) is 1. The number of carbonyl (C=O) groups is 1. The Labute approximate surface area is 105 Å². The summed E-state index contributed by atoms with van der Waals surface area (Å²) in [6.07, 6.45) is -0.433. The first-order valence-corrected chi connectivity index (χ1v) is 5.43. The van der Waals surface area contributed by atoms with Crippen LogP contribution < -0.4 is 19.5 Å². The summed E-state index contributed by atoms with van der Waals surface area (Å²) >= 11 is 0. The average molecular weight is 253 g/mol. The van der Waals surface area contributed by atoms with Gasteiger partial charge in [-0.2, -0.15) is 0 Å². The van der Waals surface area contributed by atoms with Crippen LogP contribution in [0.2, 0.25) is 0 Å². The number of methoxy groups -OCH3 is 3. The first kappa shape index (κ1) is 12.3. The molecular weight excluding hydrogens is 238 g/mol. The Kier molecular flexibility index (Phi) is 3.45. The molecule has 0 aliphatic carbocycles. The largest absolute Gasteiger partial charge is 0.493 e. The van der Waals surface area contributed by atoms with Crippen LogP contribution in [0.5, 0.6) is 17.2 Å². The molecule has 0 radical (unpaired) electrons. The van der Waals surface area contributed by atoms with Gasteiger partial charge in [0.1, 0.15) is 6.61 Å². The van der Waals surface area contributed by atoms with Crippen molar-refractivity contribution in [1.82, 2.24) is 5.32 Å². The second-order valence-electron chi connectivity index (χ2n) is 3.72. The summed E-state index contributed by atoms with van der Waals surface area (Å²) in [6.45, 7) is 0.269. The average Bonchev–Trinajstić information content (AvgIpc) is 2.83. The summed E-state index contributed by atoms with van der Waals surface area (Å²) < 4.78 is 20.7. The molecule has 0 spiro atoms. The van der Waals surface area contributed by atoms with E-state index in [0.717, 1.165) is 5.56 Å². The normalized spacial score (nSPS) is 17.9. The van der Waals surface area contributed by atoms with E-state index in [0.29, 0.717) is 17.2 Å². The second kappa shape index (κ2) is 5.03. The number of benzene rings is 1. The number of rotatable bonds is 4. The number of ether oxygens (including phenoxy) is 4. The fraction of sp³-hybridized carbons (Fsp3) is 0.417. The van der Waals surface area contributed by atoms with E-state index in [4.69, 9.17) is 18.9 Å². The lowest BCUT2D eigenvalue weighted by Crippen LogP contribution is -2.19. The van der Waals surface area contributed by atoms with Crippen LogP contribution in [0.25, 0.3) is 0 Å². The topological polar surface area (TPSA) is 66.0 Å². The predicted octanol–water partition coefficient (Wildman–Crippen LogP) is 1.49. The van der Waals surface area contributed by atoms with Crippen molar-refractivity contribution in [2.75, 3.05) is 27.9 Å². The van der Waals surface area contributed by atoms with Gasteiger partial charge in [0.05, 0.1) is 27.4 Å². The van der Waals surface area contributed by atoms with E-state index in [1.165, 1.54) is 7.11 Å². The highest BCUT2D eigenvalue weighted by Crippen LogP contribution is 2.42. The maximum absolute atomic E-state index is 11.1. The molecule has 1 aromatic carbocycles. The summed E-state index contributed by atoms with van der Waals surface area (Å²) in [6, 6.07) is 3.34. The molecule has 6 nitrogen and oxygen atoms in total. The van der Waals surface area contributed by atoms with E-state index in [-0.39, 0.29) is 12.6 Å².